The van der Waals surface area contributed by atoms with Gasteiger partial charge in [-0.25, -0.2) is 0 Å². The second-order valence-electron chi connectivity index (χ2n) is 9.27. The molecule has 5 rings (SSSR count). The van der Waals surface area contributed by atoms with Crippen molar-refractivity contribution in [2.45, 2.75) is 44.3 Å². The highest BCUT2D eigenvalue weighted by molar-refractivity contribution is 5.85. The third kappa shape index (κ3) is 5.37. The van der Waals surface area contributed by atoms with Gasteiger partial charge < -0.3 is 20.4 Å². The number of alkyl halides is 3. The Hall–Kier alpha value is -3.42. The number of carbonyl (C=O) groups excluding carboxylic acids is 1. The number of piperazine rings is 1. The first-order chi connectivity index (χ1) is 17.3. The molecule has 1 amide bonds. The number of furan rings is 1. The number of nitrogens with zero attached hydrogens (tertiary/aromatic N) is 7. The summed E-state index contributed by atoms with van der Waals surface area (Å²) >= 11 is 0. The van der Waals surface area contributed by atoms with E-state index in [-0.39, 0.29) is 55.7 Å². The molecule has 0 spiro atoms. The normalized spacial score (nSPS) is 19.0. The Kier molecular flexibility index (Phi) is 6.69. The van der Waals surface area contributed by atoms with Crippen molar-refractivity contribution in [1.29, 1.82) is 0 Å². The number of amides is 1. The first-order valence-electron chi connectivity index (χ1n) is 12.1. The molecule has 3 aromatic heterocycles. The number of nitrogen functional groups attached to an aromatic ring is 1. The molecule has 1 aliphatic heterocycles. The zero-order valence-corrected chi connectivity index (χ0v) is 19.6. The van der Waals surface area contributed by atoms with Crippen LogP contribution in [-0.2, 0) is 4.79 Å². The Labute approximate surface area is 204 Å². The van der Waals surface area contributed by atoms with E-state index in [2.05, 4.69) is 25.4 Å². The van der Waals surface area contributed by atoms with Gasteiger partial charge in [0.15, 0.2) is 5.76 Å². The number of nitrogens with two attached hydrogens (primary N) is 1. The van der Waals surface area contributed by atoms with Gasteiger partial charge in [0.2, 0.25) is 23.6 Å². The van der Waals surface area contributed by atoms with Crippen LogP contribution < -0.4 is 11.1 Å². The molecule has 1 saturated heterocycles. The van der Waals surface area contributed by atoms with Crippen LogP contribution >= 0.6 is 0 Å². The van der Waals surface area contributed by atoms with Crippen LogP contribution in [-0.4, -0.2) is 85.2 Å². The quantitative estimate of drug-likeness (QED) is 0.516. The lowest BCUT2D eigenvalue weighted by atomic mass is 9.83. The molecule has 0 aromatic carbocycles. The second-order valence-corrected chi connectivity index (χ2v) is 9.27. The predicted octanol–water partition coefficient (Wildman–Crippen LogP) is 2.43. The number of anilines is 2. The lowest BCUT2D eigenvalue weighted by Gasteiger charge is -2.39. The molecule has 4 heterocycles. The monoisotopic (exact) mass is 507 g/mol. The van der Waals surface area contributed by atoms with Crippen LogP contribution in [0.2, 0.25) is 0 Å². The van der Waals surface area contributed by atoms with Gasteiger partial charge in [0, 0.05) is 26.2 Å². The molecule has 2 fully saturated rings. The van der Waals surface area contributed by atoms with Gasteiger partial charge in [-0.05, 0) is 30.9 Å². The van der Waals surface area contributed by atoms with Crippen molar-refractivity contribution in [2.75, 3.05) is 43.8 Å². The molecule has 3 aromatic rings. The van der Waals surface area contributed by atoms with Crippen LogP contribution in [0.5, 0.6) is 0 Å². The first-order valence-corrected chi connectivity index (χ1v) is 12.1. The number of fused-ring (bicyclic) bond motifs is 1. The predicted molar refractivity (Wildman–Crippen MR) is 124 cm³/mol. The van der Waals surface area contributed by atoms with Gasteiger partial charge in [0.05, 0.1) is 12.8 Å². The van der Waals surface area contributed by atoms with E-state index in [0.29, 0.717) is 11.6 Å². The van der Waals surface area contributed by atoms with Gasteiger partial charge in [-0.15, -0.1) is 5.10 Å². The third-order valence-electron chi connectivity index (χ3n) is 6.73. The Bertz CT molecular complexity index is 1180. The number of rotatable bonds is 6. The molecule has 11 nitrogen and oxygen atoms in total. The minimum absolute atomic E-state index is 0.0448. The molecule has 36 heavy (non-hydrogen) atoms. The number of aromatic nitrogens is 5. The maximum Gasteiger partial charge on any atom is 0.401 e. The summed E-state index contributed by atoms with van der Waals surface area (Å²) in [6.07, 6.45) is 2.10. The Morgan fingerprint density at radius 3 is 2.56 bits per heavy atom. The summed E-state index contributed by atoms with van der Waals surface area (Å²) in [5.74, 6) is 1.04. The minimum atomic E-state index is -4.26. The van der Waals surface area contributed by atoms with E-state index in [1.807, 2.05) is 0 Å². The van der Waals surface area contributed by atoms with E-state index >= 15 is 0 Å². The molecule has 0 radical (unpaired) electrons. The Balaban J connectivity index is 1.35. The third-order valence-corrected chi connectivity index (χ3v) is 6.73. The summed E-state index contributed by atoms with van der Waals surface area (Å²) in [5, 5.41) is 7.46. The number of carbonyl (C=O) groups is 1. The number of hydrogen-bond donors (Lipinski definition) is 2. The van der Waals surface area contributed by atoms with Gasteiger partial charge in [0.25, 0.3) is 5.78 Å². The molecule has 1 saturated carbocycles. The van der Waals surface area contributed by atoms with E-state index in [1.165, 1.54) is 15.7 Å². The molecular weight excluding hydrogens is 479 g/mol. The maximum absolute atomic E-state index is 13.6. The van der Waals surface area contributed by atoms with Crippen LogP contribution in [0.1, 0.15) is 32.1 Å². The largest absolute Gasteiger partial charge is 0.461 e. The van der Waals surface area contributed by atoms with Gasteiger partial charge in [-0.1, -0.05) is 19.3 Å². The summed E-state index contributed by atoms with van der Waals surface area (Å²) in [6.45, 7) is -0.150. The average Bonchev–Trinajstić information content (AvgIpc) is 3.53. The molecule has 1 aliphatic carbocycles. The van der Waals surface area contributed by atoms with E-state index in [9.17, 15) is 18.0 Å². The van der Waals surface area contributed by atoms with Crippen LogP contribution in [0.15, 0.2) is 22.8 Å². The molecule has 0 unspecified atom stereocenters. The summed E-state index contributed by atoms with van der Waals surface area (Å²) in [6, 6.07) is 2.81. The summed E-state index contributed by atoms with van der Waals surface area (Å²) in [4.78, 5) is 29.6. The SMILES string of the molecule is Nc1nc(N[C@H](C(=O)N2CCN(CC(F)(F)F)CC2)C2CCCCC2)nc2nc(-c3ccco3)nn12. The highest BCUT2D eigenvalue weighted by Crippen LogP contribution is 2.29. The lowest BCUT2D eigenvalue weighted by Crippen LogP contribution is -2.55. The van der Waals surface area contributed by atoms with E-state index in [1.54, 1.807) is 17.0 Å². The second kappa shape index (κ2) is 9.91. The zero-order valence-electron chi connectivity index (χ0n) is 19.6. The van der Waals surface area contributed by atoms with Crippen molar-refractivity contribution in [3.05, 3.63) is 18.4 Å². The van der Waals surface area contributed by atoms with Gasteiger partial charge in [-0.2, -0.15) is 32.6 Å². The minimum Gasteiger partial charge on any atom is -0.461 e. The zero-order chi connectivity index (χ0) is 25.3. The fourth-order valence-electron chi connectivity index (χ4n) is 4.94. The highest BCUT2D eigenvalue weighted by atomic mass is 19.4. The summed E-state index contributed by atoms with van der Waals surface area (Å²) in [5.41, 5.74) is 6.11. The number of nitrogens with one attached hydrogen (secondary N) is 1. The topological polar surface area (TPSA) is 131 Å². The van der Waals surface area contributed by atoms with Gasteiger partial charge >= 0.3 is 6.18 Å². The van der Waals surface area contributed by atoms with E-state index in [4.69, 9.17) is 10.2 Å². The molecule has 14 heteroatoms. The lowest BCUT2D eigenvalue weighted by molar-refractivity contribution is -0.152. The fraction of sp³-hybridized carbons (Fsp3) is 0.591. The molecule has 3 N–H and O–H groups in total. The van der Waals surface area contributed by atoms with Crippen molar-refractivity contribution in [3.8, 4) is 11.6 Å². The van der Waals surface area contributed by atoms with Crippen molar-refractivity contribution >= 4 is 23.6 Å². The van der Waals surface area contributed by atoms with Gasteiger partial charge in [0.1, 0.15) is 6.04 Å². The Morgan fingerprint density at radius 1 is 1.14 bits per heavy atom. The molecule has 194 valence electrons. The number of hydrogen-bond acceptors (Lipinski definition) is 9. The molecule has 2 aliphatic rings. The average molecular weight is 508 g/mol. The van der Waals surface area contributed by atoms with Crippen molar-refractivity contribution < 1.29 is 22.4 Å². The fourth-order valence-corrected chi connectivity index (χ4v) is 4.94. The van der Waals surface area contributed by atoms with E-state index in [0.717, 1.165) is 32.1 Å². The summed E-state index contributed by atoms with van der Waals surface area (Å²) < 4.78 is 44.9. The smallest absolute Gasteiger partial charge is 0.401 e. The van der Waals surface area contributed by atoms with Gasteiger partial charge in [-0.3, -0.25) is 9.69 Å². The van der Waals surface area contributed by atoms with Crippen molar-refractivity contribution in [2.24, 2.45) is 5.92 Å². The molecular formula is C22H28F3N9O2. The van der Waals surface area contributed by atoms with Crippen molar-refractivity contribution in [3.63, 3.8) is 0 Å². The molecule has 0 bridgehead atoms. The first kappa shape index (κ1) is 24.3. The summed E-state index contributed by atoms with van der Waals surface area (Å²) in [7, 11) is 0. The van der Waals surface area contributed by atoms with Crippen molar-refractivity contribution in [1.82, 2.24) is 34.4 Å². The van der Waals surface area contributed by atoms with Crippen LogP contribution in [0.3, 0.4) is 0 Å². The Morgan fingerprint density at radius 2 is 1.89 bits per heavy atom. The van der Waals surface area contributed by atoms with Crippen LogP contribution in [0.25, 0.3) is 17.4 Å². The maximum atomic E-state index is 13.6. The van der Waals surface area contributed by atoms with Crippen LogP contribution in [0.4, 0.5) is 25.1 Å². The highest BCUT2D eigenvalue weighted by Gasteiger charge is 2.37. The molecule has 1 atom stereocenters. The van der Waals surface area contributed by atoms with Crippen LogP contribution in [0, 0.1) is 5.92 Å². The number of halogens is 3. The standard InChI is InChI=1S/C22H28F3N9O2/c23-22(24,25)13-32-8-10-33(11-9-32)18(35)16(14-5-2-1-3-6-14)27-20-29-19(26)34-21(30-20)28-17(31-34)15-7-4-12-36-15/h4,7,12,14,16H,1-3,5-6,8-11,13H2,(H3,26,27,28,29,30,31)/t16-/m0/s1. The van der Waals surface area contributed by atoms with E-state index < -0.39 is 18.8 Å².